The number of hydrogen-bond donors (Lipinski definition) is 0. The molecule has 2 heterocycles. The predicted octanol–water partition coefficient (Wildman–Crippen LogP) is 17.7. The number of aromatic nitrogens is 2. The van der Waals surface area contributed by atoms with Crippen LogP contribution in [0.5, 0.6) is 0 Å². The average molecular weight is 1040 g/mol. The first-order chi connectivity index (χ1) is 40.0. The maximum atomic E-state index is 11.4. The average Bonchev–Trinajstić information content (AvgIpc) is 2.42. The van der Waals surface area contributed by atoms with Gasteiger partial charge >= 0.3 is 0 Å². The summed E-state index contributed by atoms with van der Waals surface area (Å²) < 4.78 is 4.26. The van der Waals surface area contributed by atoms with Crippen LogP contribution in [-0.4, -0.2) is 9.13 Å². The zero-order valence-corrected chi connectivity index (χ0v) is 43.7. The van der Waals surface area contributed by atoms with Gasteiger partial charge in [-0.3, -0.25) is 0 Å². The fourth-order valence-corrected chi connectivity index (χ4v) is 11.5. The van der Waals surface area contributed by atoms with E-state index in [2.05, 4.69) is 78.3 Å². The third-order valence-electron chi connectivity index (χ3n) is 15.0. The minimum atomic E-state index is 0.303. The molecule has 0 bridgehead atoms. The van der Waals surface area contributed by atoms with Crippen LogP contribution >= 0.6 is 0 Å². The van der Waals surface area contributed by atoms with Crippen molar-refractivity contribution >= 4 is 60.7 Å². The van der Waals surface area contributed by atoms with Gasteiger partial charge in [0.1, 0.15) is 0 Å². The van der Waals surface area contributed by atoms with Crippen LogP contribution in [-0.2, 0) is 0 Å². The summed E-state index contributed by atoms with van der Waals surface area (Å²) in [5, 5.41) is 65.9. The Balaban J connectivity index is 1.27. The third-order valence-corrected chi connectivity index (χ3v) is 15.0. The Morgan fingerprint density at radius 1 is 0.329 bits per heavy atom. The molecule has 0 N–H and O–H groups in total. The summed E-state index contributed by atoms with van der Waals surface area (Å²) in [6.07, 6.45) is 0. The normalized spacial score (nSPS) is 10.7. The molecule has 10 aromatic carbocycles. The Morgan fingerprint density at radius 3 is 1.10 bits per heavy atom. The summed E-state index contributed by atoms with van der Waals surface area (Å²) in [4.78, 5) is 11.0. The quantitative estimate of drug-likeness (QED) is 0.144. The van der Waals surface area contributed by atoms with Gasteiger partial charge in [-0.2, -0.15) is 31.6 Å². The van der Waals surface area contributed by atoms with Crippen molar-refractivity contribution in [3.63, 3.8) is 0 Å². The standard InChI is InChI=1S/C71H35N11/c1-41-22-42(2)24-50(23-41)71-69(81-65-31-46(56-14-6-43(35-72)25-51(56)38-75)8-16-60(65)61-17-9-47(32-66(61)81)57-20-12-54(78-3)29-52(57)39-76)27-45(37-74)28-70(71)82-67-33-48(58-21-13-55(79-4)30-53(58)40-77)10-18-62(67)63-19-11-49(34-68(63)82)59-15-7-44(36-73)26-64(59)80-5/h6-34H,1-2H3. The Bertz CT molecular complexity index is 4670. The Kier molecular flexibility index (Phi) is 12.2. The van der Waals surface area contributed by atoms with Gasteiger partial charge in [0.05, 0.1) is 106 Å². The minimum Gasteiger partial charge on any atom is -0.308 e. The van der Waals surface area contributed by atoms with Gasteiger partial charge in [0.15, 0.2) is 17.1 Å². The fraction of sp³-hybridized carbons (Fsp3) is 0.0282. The van der Waals surface area contributed by atoms with Gasteiger partial charge in [-0.15, -0.1) is 0 Å². The Labute approximate surface area is 471 Å². The Morgan fingerprint density at radius 2 is 0.707 bits per heavy atom. The molecule has 82 heavy (non-hydrogen) atoms. The van der Waals surface area contributed by atoms with E-state index in [1.807, 2.05) is 98.8 Å². The molecule has 0 aliphatic rings. The molecule has 0 radical (unpaired) electrons. The third kappa shape index (κ3) is 8.23. The molecule has 374 valence electrons. The lowest BCUT2D eigenvalue weighted by molar-refractivity contribution is 1.13. The van der Waals surface area contributed by atoms with Crippen molar-refractivity contribution in [2.24, 2.45) is 0 Å². The zero-order valence-electron chi connectivity index (χ0n) is 43.7. The van der Waals surface area contributed by atoms with E-state index in [9.17, 15) is 31.6 Å². The van der Waals surface area contributed by atoms with Gasteiger partial charge in [-0.05, 0) is 137 Å². The number of nitrogens with zero attached hydrogens (tertiary/aromatic N) is 11. The van der Waals surface area contributed by atoms with Crippen molar-refractivity contribution in [3.05, 3.63) is 255 Å². The fourth-order valence-electron chi connectivity index (χ4n) is 11.5. The van der Waals surface area contributed by atoms with Crippen molar-refractivity contribution in [2.45, 2.75) is 13.8 Å². The maximum absolute atomic E-state index is 11.4. The summed E-state index contributed by atoms with van der Waals surface area (Å²) in [6, 6.07) is 68.0. The lowest BCUT2D eigenvalue weighted by Gasteiger charge is -2.22. The van der Waals surface area contributed by atoms with E-state index in [0.717, 1.165) is 65.9 Å². The van der Waals surface area contributed by atoms with E-state index in [1.54, 1.807) is 72.8 Å². The molecule has 0 aliphatic carbocycles. The molecule has 12 rings (SSSR count). The molecule has 0 saturated carbocycles. The highest BCUT2D eigenvalue weighted by Crippen LogP contribution is 2.47. The monoisotopic (exact) mass is 1040 g/mol. The van der Waals surface area contributed by atoms with E-state index in [4.69, 9.17) is 19.7 Å². The molecule has 0 amide bonds. The van der Waals surface area contributed by atoms with E-state index in [-0.39, 0.29) is 0 Å². The van der Waals surface area contributed by atoms with Crippen molar-refractivity contribution in [2.75, 3.05) is 0 Å². The smallest absolute Gasteiger partial charge is 0.196 e. The van der Waals surface area contributed by atoms with Crippen LogP contribution in [0.15, 0.2) is 176 Å². The highest BCUT2D eigenvalue weighted by Gasteiger charge is 2.26. The molecule has 0 aliphatic heterocycles. The number of nitriles is 6. The van der Waals surface area contributed by atoms with Gasteiger partial charge in [0.2, 0.25) is 0 Å². The first kappa shape index (κ1) is 50.1. The first-order valence-corrected chi connectivity index (χ1v) is 25.6. The summed E-state index contributed by atoms with van der Waals surface area (Å²) in [7, 11) is 0. The van der Waals surface area contributed by atoms with Crippen molar-refractivity contribution in [3.8, 4) is 103 Å². The highest BCUT2D eigenvalue weighted by molar-refractivity contribution is 6.14. The number of fused-ring (bicyclic) bond motifs is 6. The van der Waals surface area contributed by atoms with Crippen LogP contribution in [0.25, 0.3) is 125 Å². The summed E-state index contributed by atoms with van der Waals surface area (Å²) in [5.41, 5.74) is 15.9. The zero-order chi connectivity index (χ0) is 56.9. The van der Waals surface area contributed by atoms with Gasteiger partial charge < -0.3 is 9.13 Å². The van der Waals surface area contributed by atoms with Crippen LogP contribution in [0.2, 0.25) is 0 Å². The van der Waals surface area contributed by atoms with E-state index < -0.39 is 0 Å². The van der Waals surface area contributed by atoms with Gasteiger partial charge in [0.25, 0.3) is 0 Å². The number of hydrogen-bond acceptors (Lipinski definition) is 6. The molecule has 0 unspecified atom stereocenters. The number of aryl methyl sites for hydroxylation is 2. The van der Waals surface area contributed by atoms with Crippen molar-refractivity contribution < 1.29 is 0 Å². The van der Waals surface area contributed by atoms with Crippen molar-refractivity contribution in [1.29, 1.82) is 31.6 Å². The summed E-state index contributed by atoms with van der Waals surface area (Å²) >= 11 is 0. The van der Waals surface area contributed by atoms with Crippen LogP contribution in [0, 0.1) is 102 Å². The minimum absolute atomic E-state index is 0.303. The molecule has 0 spiro atoms. The SMILES string of the molecule is [C-]#[N+]c1ccc(-c2ccc3c4ccc(-c5ccc(C#N)cc5C#N)cc4n(-c4cc(C#N)cc(-n5c6cc(-c7ccc([N+]#[C-])cc7C#N)ccc6c6ccc(-c7ccc(C#N)cc7[N+]#[C-])cc65)c4-c4cc(C)cc(C)c4)c3c2)c(C#N)c1. The lowest BCUT2D eigenvalue weighted by atomic mass is 9.95. The number of benzene rings is 10. The van der Waals surface area contributed by atoms with Crippen LogP contribution in [0.3, 0.4) is 0 Å². The van der Waals surface area contributed by atoms with Gasteiger partial charge in [-0.1, -0.05) is 114 Å². The largest absolute Gasteiger partial charge is 0.308 e. The predicted molar refractivity (Wildman–Crippen MR) is 319 cm³/mol. The van der Waals surface area contributed by atoms with Gasteiger partial charge in [-0.25, -0.2) is 14.5 Å². The van der Waals surface area contributed by atoms with Crippen LogP contribution in [0.4, 0.5) is 17.1 Å². The second kappa shape index (κ2) is 20.0. The molecule has 0 fully saturated rings. The molecule has 12 aromatic rings. The molecule has 2 aromatic heterocycles. The molecule has 0 atom stereocenters. The molecule has 11 nitrogen and oxygen atoms in total. The second-order valence-electron chi connectivity index (χ2n) is 19.8. The Hall–Kier alpha value is -12.8. The first-order valence-electron chi connectivity index (χ1n) is 25.6. The maximum Gasteiger partial charge on any atom is 0.196 e. The molecule has 11 heteroatoms. The highest BCUT2D eigenvalue weighted by atomic mass is 15.0. The van der Waals surface area contributed by atoms with E-state index >= 15 is 0 Å². The van der Waals surface area contributed by atoms with Crippen LogP contribution in [0.1, 0.15) is 44.5 Å². The molecular weight excluding hydrogens is 1010 g/mol. The summed E-state index contributed by atoms with van der Waals surface area (Å²) in [6.45, 7) is 27.6. The number of rotatable bonds is 7. The van der Waals surface area contributed by atoms with Crippen LogP contribution < -0.4 is 0 Å². The van der Waals surface area contributed by atoms with E-state index in [1.165, 1.54) is 0 Å². The molecular formula is C71H35N11. The van der Waals surface area contributed by atoms with E-state index in [0.29, 0.717) is 106 Å². The lowest BCUT2D eigenvalue weighted by Crippen LogP contribution is -2.06. The van der Waals surface area contributed by atoms with Gasteiger partial charge in [0, 0.05) is 43.8 Å². The second-order valence-corrected chi connectivity index (χ2v) is 19.8. The van der Waals surface area contributed by atoms with Crippen molar-refractivity contribution in [1.82, 2.24) is 9.13 Å². The summed E-state index contributed by atoms with van der Waals surface area (Å²) in [5.74, 6) is 0. The molecule has 0 saturated heterocycles. The topological polar surface area (TPSA) is 166 Å².